The van der Waals surface area contributed by atoms with E-state index >= 15 is 0 Å². The molecule has 9 heteroatoms. The van der Waals surface area contributed by atoms with E-state index in [1.54, 1.807) is 18.9 Å². The van der Waals surface area contributed by atoms with Crippen LogP contribution in [0.2, 0.25) is 0 Å². The van der Waals surface area contributed by atoms with Gasteiger partial charge in [0.15, 0.2) is 4.34 Å². The number of methoxy groups -OCH3 is 1. The number of thioether (sulfide) groups is 1. The highest BCUT2D eigenvalue weighted by Gasteiger charge is 2.18. The molecule has 24 heavy (non-hydrogen) atoms. The van der Waals surface area contributed by atoms with Gasteiger partial charge in [0.2, 0.25) is 16.9 Å². The minimum absolute atomic E-state index is 0.00748. The lowest BCUT2D eigenvalue weighted by molar-refractivity contribution is 0.415. The summed E-state index contributed by atoms with van der Waals surface area (Å²) in [6, 6.07) is 7.50. The van der Waals surface area contributed by atoms with E-state index in [2.05, 4.69) is 25.7 Å². The highest BCUT2D eigenvalue weighted by Crippen LogP contribution is 2.37. The minimum atomic E-state index is -0.00748. The molecule has 2 aromatic heterocycles. The van der Waals surface area contributed by atoms with Crippen molar-refractivity contribution in [2.75, 3.05) is 19.0 Å². The van der Waals surface area contributed by atoms with Crippen LogP contribution in [-0.4, -0.2) is 34.0 Å². The number of benzene rings is 1. The molecule has 0 saturated heterocycles. The Hall–Kier alpha value is -2.13. The fraction of sp³-hybridized carbons (Fsp3) is 0.333. The molecule has 1 aromatic carbocycles. The third-order valence-corrected chi connectivity index (χ3v) is 5.19. The van der Waals surface area contributed by atoms with Crippen molar-refractivity contribution in [1.29, 1.82) is 0 Å². The first kappa shape index (κ1) is 16.7. The third-order valence-electron chi connectivity index (χ3n) is 3.14. The van der Waals surface area contributed by atoms with Gasteiger partial charge in [0.25, 0.3) is 0 Å². The van der Waals surface area contributed by atoms with Crippen molar-refractivity contribution < 1.29 is 9.15 Å². The van der Waals surface area contributed by atoms with Crippen molar-refractivity contribution >= 4 is 28.2 Å². The van der Waals surface area contributed by atoms with Crippen LogP contribution in [0.15, 0.2) is 33.0 Å². The van der Waals surface area contributed by atoms with Gasteiger partial charge in [-0.15, -0.1) is 20.4 Å². The van der Waals surface area contributed by atoms with E-state index in [9.17, 15) is 0 Å². The first-order valence-electron chi connectivity index (χ1n) is 7.41. The summed E-state index contributed by atoms with van der Waals surface area (Å²) in [6.45, 7) is 4.85. The molecule has 1 atom stereocenters. The van der Waals surface area contributed by atoms with Crippen LogP contribution in [0.4, 0.5) is 5.13 Å². The Labute approximate surface area is 147 Å². The molecule has 0 saturated carbocycles. The van der Waals surface area contributed by atoms with Gasteiger partial charge in [-0.1, -0.05) is 23.1 Å². The number of rotatable bonds is 7. The van der Waals surface area contributed by atoms with Crippen LogP contribution in [-0.2, 0) is 0 Å². The molecule has 7 nitrogen and oxygen atoms in total. The second-order valence-corrected chi connectivity index (χ2v) is 7.40. The Morgan fingerprint density at radius 3 is 2.71 bits per heavy atom. The molecule has 3 rings (SSSR count). The molecule has 0 spiro atoms. The zero-order valence-electron chi connectivity index (χ0n) is 13.5. The van der Waals surface area contributed by atoms with E-state index < -0.39 is 0 Å². The van der Waals surface area contributed by atoms with E-state index in [0.29, 0.717) is 11.8 Å². The third kappa shape index (κ3) is 3.85. The van der Waals surface area contributed by atoms with Gasteiger partial charge < -0.3 is 14.5 Å². The Bertz CT molecular complexity index is 787. The summed E-state index contributed by atoms with van der Waals surface area (Å²) in [5, 5.41) is 20.5. The monoisotopic (exact) mass is 363 g/mol. The smallest absolute Gasteiger partial charge is 0.247 e. The van der Waals surface area contributed by atoms with Crippen LogP contribution in [0.5, 0.6) is 5.75 Å². The van der Waals surface area contributed by atoms with E-state index in [0.717, 1.165) is 27.3 Å². The minimum Gasteiger partial charge on any atom is -0.497 e. The van der Waals surface area contributed by atoms with Gasteiger partial charge in [-0.2, -0.15) is 0 Å². The largest absolute Gasteiger partial charge is 0.497 e. The number of nitrogens with one attached hydrogen (secondary N) is 1. The molecule has 0 bridgehead atoms. The van der Waals surface area contributed by atoms with Crippen molar-refractivity contribution in [3.8, 4) is 17.2 Å². The normalized spacial score (nSPS) is 12.1. The summed E-state index contributed by atoms with van der Waals surface area (Å²) >= 11 is 3.06. The Morgan fingerprint density at radius 2 is 2.00 bits per heavy atom. The maximum atomic E-state index is 5.79. The average molecular weight is 363 g/mol. The van der Waals surface area contributed by atoms with E-state index in [-0.39, 0.29) is 5.25 Å². The van der Waals surface area contributed by atoms with Gasteiger partial charge >= 0.3 is 0 Å². The topological polar surface area (TPSA) is 86.0 Å². The molecule has 0 radical (unpaired) electrons. The Balaban J connectivity index is 1.69. The summed E-state index contributed by atoms with van der Waals surface area (Å²) in [7, 11) is 1.63. The van der Waals surface area contributed by atoms with E-state index in [4.69, 9.17) is 9.15 Å². The van der Waals surface area contributed by atoms with Crippen LogP contribution in [0, 0.1) is 0 Å². The lowest BCUT2D eigenvalue weighted by atomic mass is 10.2. The Kier molecular flexibility index (Phi) is 5.31. The highest BCUT2D eigenvalue weighted by atomic mass is 32.2. The molecular weight excluding hydrogens is 346 g/mol. The lowest BCUT2D eigenvalue weighted by Crippen LogP contribution is -1.94. The number of nitrogens with zero attached hydrogens (tertiary/aromatic N) is 4. The van der Waals surface area contributed by atoms with Crippen LogP contribution >= 0.6 is 23.1 Å². The van der Waals surface area contributed by atoms with Crippen molar-refractivity contribution in [2.24, 2.45) is 0 Å². The molecule has 1 N–H and O–H groups in total. The van der Waals surface area contributed by atoms with Crippen molar-refractivity contribution in [2.45, 2.75) is 23.4 Å². The molecule has 3 aromatic rings. The maximum Gasteiger partial charge on any atom is 0.247 e. The first-order chi connectivity index (χ1) is 11.7. The Morgan fingerprint density at radius 1 is 1.21 bits per heavy atom. The standard InChI is InChI=1S/C15H17N5O2S2/c1-4-16-14-19-20-15(24-14)23-9(2)12-17-18-13(22-12)10-5-7-11(21-3)8-6-10/h5-9H,4H2,1-3H3,(H,16,19). The first-order valence-corrected chi connectivity index (χ1v) is 9.11. The molecule has 0 aliphatic heterocycles. The predicted molar refractivity (Wildman–Crippen MR) is 94.6 cm³/mol. The van der Waals surface area contributed by atoms with E-state index in [1.807, 2.05) is 38.1 Å². The zero-order valence-corrected chi connectivity index (χ0v) is 15.1. The summed E-state index contributed by atoms with van der Waals surface area (Å²) < 4.78 is 11.8. The molecular formula is C15H17N5O2S2. The van der Waals surface area contributed by atoms with Crippen molar-refractivity contribution in [3.05, 3.63) is 30.2 Å². The second-order valence-electron chi connectivity index (χ2n) is 4.84. The summed E-state index contributed by atoms with van der Waals surface area (Å²) in [5.74, 6) is 1.84. The molecule has 0 aliphatic carbocycles. The number of hydrogen-bond donors (Lipinski definition) is 1. The van der Waals surface area contributed by atoms with Gasteiger partial charge in [0.1, 0.15) is 5.75 Å². The molecule has 126 valence electrons. The van der Waals surface area contributed by atoms with Gasteiger partial charge in [0.05, 0.1) is 12.4 Å². The van der Waals surface area contributed by atoms with Crippen LogP contribution in [0.1, 0.15) is 25.0 Å². The van der Waals surface area contributed by atoms with E-state index in [1.165, 1.54) is 11.3 Å². The lowest BCUT2D eigenvalue weighted by Gasteiger charge is -2.02. The number of aromatic nitrogens is 4. The van der Waals surface area contributed by atoms with Gasteiger partial charge in [0, 0.05) is 12.1 Å². The van der Waals surface area contributed by atoms with Crippen LogP contribution < -0.4 is 10.1 Å². The average Bonchev–Trinajstić information content (AvgIpc) is 3.25. The summed E-state index contributed by atoms with van der Waals surface area (Å²) in [6.07, 6.45) is 0. The fourth-order valence-corrected chi connectivity index (χ4v) is 3.92. The molecule has 0 amide bonds. The molecule has 0 fully saturated rings. The number of anilines is 1. The van der Waals surface area contributed by atoms with Crippen LogP contribution in [0.25, 0.3) is 11.5 Å². The molecule has 2 heterocycles. The number of ether oxygens (including phenoxy) is 1. The van der Waals surface area contributed by atoms with Gasteiger partial charge in [-0.05, 0) is 38.1 Å². The SMILES string of the molecule is CCNc1nnc(SC(C)c2nnc(-c3ccc(OC)cc3)o2)s1. The predicted octanol–water partition coefficient (Wildman–Crippen LogP) is 3.88. The quantitative estimate of drug-likeness (QED) is 0.633. The highest BCUT2D eigenvalue weighted by molar-refractivity contribution is 8.01. The number of hydrogen-bond acceptors (Lipinski definition) is 9. The molecule has 0 aliphatic rings. The van der Waals surface area contributed by atoms with Gasteiger partial charge in [-0.25, -0.2) is 0 Å². The molecule has 1 unspecified atom stereocenters. The summed E-state index contributed by atoms with van der Waals surface area (Å²) in [5.41, 5.74) is 0.858. The van der Waals surface area contributed by atoms with Crippen molar-refractivity contribution in [1.82, 2.24) is 20.4 Å². The zero-order chi connectivity index (χ0) is 16.9. The van der Waals surface area contributed by atoms with Crippen LogP contribution in [0.3, 0.4) is 0 Å². The summed E-state index contributed by atoms with van der Waals surface area (Å²) in [4.78, 5) is 0. The second kappa shape index (κ2) is 7.63. The maximum absolute atomic E-state index is 5.79. The van der Waals surface area contributed by atoms with Gasteiger partial charge in [-0.3, -0.25) is 0 Å². The fourth-order valence-electron chi connectivity index (χ4n) is 1.93. The van der Waals surface area contributed by atoms with Crippen molar-refractivity contribution in [3.63, 3.8) is 0 Å².